The molecule has 0 bridgehead atoms. The highest BCUT2D eigenvalue weighted by atomic mass is 16.6. The summed E-state index contributed by atoms with van der Waals surface area (Å²) in [4.78, 5) is 34.4. The molecule has 9 nitrogen and oxygen atoms in total. The van der Waals surface area contributed by atoms with Crippen LogP contribution in [0.1, 0.15) is 17.4 Å². The zero-order valence-corrected chi connectivity index (χ0v) is 13.1. The van der Waals surface area contributed by atoms with Gasteiger partial charge < -0.3 is 15.2 Å². The number of carbonyl (C=O) groups is 3. The molecule has 0 aliphatic heterocycles. The fourth-order valence-corrected chi connectivity index (χ4v) is 1.85. The number of primary amides is 1. The number of hydrogen-bond donors (Lipinski definition) is 2. The molecule has 1 atom stereocenters. The number of imide groups is 1. The van der Waals surface area contributed by atoms with Crippen molar-refractivity contribution in [2.45, 2.75) is 13.0 Å². The standard InChI is InChI=1S/C15H16N4O5/c1-9(13(20)17-15(16)22)24-14(21)12-11(23-2)8-19(18-12)10-6-4-3-5-7-10/h3-9H,1-2H3,(H3,16,17,20,22)/t9-/m0/s1. The maximum atomic E-state index is 12.2. The lowest BCUT2D eigenvalue weighted by Crippen LogP contribution is -2.42. The number of methoxy groups -OCH3 is 1. The fourth-order valence-electron chi connectivity index (χ4n) is 1.85. The minimum atomic E-state index is -1.23. The topological polar surface area (TPSA) is 126 Å². The van der Waals surface area contributed by atoms with E-state index >= 15 is 0 Å². The van der Waals surface area contributed by atoms with Crippen LogP contribution in [0.3, 0.4) is 0 Å². The van der Waals surface area contributed by atoms with E-state index in [0.29, 0.717) is 0 Å². The molecule has 126 valence electrons. The number of rotatable bonds is 5. The van der Waals surface area contributed by atoms with Gasteiger partial charge in [0.2, 0.25) is 5.69 Å². The zero-order valence-electron chi connectivity index (χ0n) is 13.1. The van der Waals surface area contributed by atoms with E-state index in [2.05, 4.69) is 5.10 Å². The van der Waals surface area contributed by atoms with Gasteiger partial charge in [-0.3, -0.25) is 10.1 Å². The Kier molecular flexibility index (Phi) is 5.15. The van der Waals surface area contributed by atoms with Gasteiger partial charge in [-0.2, -0.15) is 5.10 Å². The van der Waals surface area contributed by atoms with E-state index in [0.717, 1.165) is 5.69 Å². The second-order valence-electron chi connectivity index (χ2n) is 4.73. The average Bonchev–Trinajstić information content (AvgIpc) is 2.99. The number of hydrogen-bond acceptors (Lipinski definition) is 6. The van der Waals surface area contributed by atoms with E-state index in [4.69, 9.17) is 15.2 Å². The van der Waals surface area contributed by atoms with Crippen molar-refractivity contribution in [3.8, 4) is 11.4 Å². The summed E-state index contributed by atoms with van der Waals surface area (Å²) in [6.07, 6.45) is 0.289. The Hall–Kier alpha value is -3.36. The van der Waals surface area contributed by atoms with Crippen molar-refractivity contribution >= 4 is 17.9 Å². The number of urea groups is 1. The highest BCUT2D eigenvalue weighted by Gasteiger charge is 2.25. The maximum absolute atomic E-state index is 12.2. The lowest BCUT2D eigenvalue weighted by Gasteiger charge is -2.11. The molecular weight excluding hydrogens is 316 g/mol. The van der Waals surface area contributed by atoms with Crippen LogP contribution in [0.25, 0.3) is 5.69 Å². The van der Waals surface area contributed by atoms with Crippen LogP contribution in [0.2, 0.25) is 0 Å². The van der Waals surface area contributed by atoms with Gasteiger partial charge in [0, 0.05) is 0 Å². The Balaban J connectivity index is 2.19. The predicted octanol–water partition coefficient (Wildman–Crippen LogP) is 0.621. The first-order valence-electron chi connectivity index (χ1n) is 6.92. The molecule has 0 aliphatic rings. The van der Waals surface area contributed by atoms with Crippen LogP contribution in [0.5, 0.6) is 5.75 Å². The van der Waals surface area contributed by atoms with Crippen molar-refractivity contribution in [2.24, 2.45) is 5.73 Å². The van der Waals surface area contributed by atoms with Crippen LogP contribution >= 0.6 is 0 Å². The molecular formula is C15H16N4O5. The van der Waals surface area contributed by atoms with Crippen LogP contribution in [0.15, 0.2) is 36.5 Å². The molecule has 1 aromatic heterocycles. The lowest BCUT2D eigenvalue weighted by atomic mass is 10.3. The molecule has 0 radical (unpaired) electrons. The highest BCUT2D eigenvalue weighted by Crippen LogP contribution is 2.20. The van der Waals surface area contributed by atoms with Crippen molar-refractivity contribution < 1.29 is 23.9 Å². The quantitative estimate of drug-likeness (QED) is 0.773. The molecule has 1 aromatic carbocycles. The summed E-state index contributed by atoms with van der Waals surface area (Å²) >= 11 is 0. The van der Waals surface area contributed by atoms with E-state index < -0.39 is 24.0 Å². The van der Waals surface area contributed by atoms with Gasteiger partial charge in [0.05, 0.1) is 19.0 Å². The molecule has 0 fully saturated rings. The molecule has 0 aliphatic carbocycles. The monoisotopic (exact) mass is 332 g/mol. The number of ether oxygens (including phenoxy) is 2. The number of nitrogens with zero attached hydrogens (tertiary/aromatic N) is 2. The maximum Gasteiger partial charge on any atom is 0.363 e. The SMILES string of the molecule is COc1cn(-c2ccccc2)nc1C(=O)O[C@@H](C)C(=O)NC(N)=O. The van der Waals surface area contributed by atoms with Gasteiger partial charge in [-0.1, -0.05) is 18.2 Å². The van der Waals surface area contributed by atoms with E-state index in [9.17, 15) is 14.4 Å². The summed E-state index contributed by atoms with van der Waals surface area (Å²) in [6, 6.07) is 8.04. The van der Waals surface area contributed by atoms with Crippen LogP contribution in [0.4, 0.5) is 4.79 Å². The van der Waals surface area contributed by atoms with E-state index in [1.165, 1.54) is 24.9 Å². The average molecular weight is 332 g/mol. The molecule has 0 spiro atoms. The molecule has 0 saturated carbocycles. The van der Waals surface area contributed by atoms with E-state index in [1.807, 2.05) is 23.5 Å². The van der Waals surface area contributed by atoms with Gasteiger partial charge in [0.25, 0.3) is 5.91 Å². The number of nitrogens with two attached hydrogens (primary N) is 1. The summed E-state index contributed by atoms with van der Waals surface area (Å²) in [5, 5.41) is 5.94. The summed E-state index contributed by atoms with van der Waals surface area (Å²) in [5.74, 6) is -1.52. The van der Waals surface area contributed by atoms with Crippen molar-refractivity contribution in [2.75, 3.05) is 7.11 Å². The number of amides is 3. The predicted molar refractivity (Wildman–Crippen MR) is 82.7 cm³/mol. The Morgan fingerprint density at radius 1 is 1.25 bits per heavy atom. The fraction of sp³-hybridized carbons (Fsp3) is 0.200. The first kappa shape index (κ1) is 17.0. The number of benzene rings is 1. The van der Waals surface area contributed by atoms with Gasteiger partial charge in [0.15, 0.2) is 11.9 Å². The lowest BCUT2D eigenvalue weighted by molar-refractivity contribution is -0.127. The summed E-state index contributed by atoms with van der Waals surface area (Å²) < 4.78 is 11.5. The normalized spacial score (nSPS) is 11.4. The molecule has 9 heteroatoms. The molecule has 0 saturated heterocycles. The molecule has 24 heavy (non-hydrogen) atoms. The van der Waals surface area contributed by atoms with Gasteiger partial charge >= 0.3 is 12.0 Å². The Bertz CT molecular complexity index is 756. The summed E-state index contributed by atoms with van der Waals surface area (Å²) in [5.41, 5.74) is 5.46. The van der Waals surface area contributed by atoms with E-state index in [1.54, 1.807) is 12.1 Å². The van der Waals surface area contributed by atoms with Crippen molar-refractivity contribution in [1.29, 1.82) is 0 Å². The first-order chi connectivity index (χ1) is 11.4. The third-order valence-corrected chi connectivity index (χ3v) is 3.01. The number of nitrogens with one attached hydrogen (secondary N) is 1. The van der Waals surface area contributed by atoms with Crippen LogP contribution in [0, 0.1) is 0 Å². The number of para-hydroxylation sites is 1. The second kappa shape index (κ2) is 7.27. The summed E-state index contributed by atoms with van der Waals surface area (Å²) in [6.45, 7) is 1.30. The smallest absolute Gasteiger partial charge is 0.363 e. The van der Waals surface area contributed by atoms with Crippen molar-refractivity contribution in [3.05, 3.63) is 42.2 Å². The zero-order chi connectivity index (χ0) is 17.7. The minimum absolute atomic E-state index is 0.0971. The molecule has 0 unspecified atom stereocenters. The van der Waals surface area contributed by atoms with Crippen molar-refractivity contribution in [1.82, 2.24) is 15.1 Å². The Morgan fingerprint density at radius 2 is 1.92 bits per heavy atom. The molecule has 2 rings (SSSR count). The van der Waals surface area contributed by atoms with Crippen molar-refractivity contribution in [3.63, 3.8) is 0 Å². The van der Waals surface area contributed by atoms with Crippen LogP contribution in [-0.4, -0.2) is 40.9 Å². The third kappa shape index (κ3) is 3.88. The summed E-state index contributed by atoms with van der Waals surface area (Å²) in [7, 11) is 1.38. The van der Waals surface area contributed by atoms with E-state index in [-0.39, 0.29) is 11.4 Å². The van der Waals surface area contributed by atoms with Gasteiger partial charge in [-0.25, -0.2) is 14.3 Å². The van der Waals surface area contributed by atoms with Gasteiger partial charge in [-0.15, -0.1) is 0 Å². The molecule has 1 heterocycles. The largest absolute Gasteiger partial charge is 0.493 e. The third-order valence-electron chi connectivity index (χ3n) is 3.01. The Labute approximate surface area is 137 Å². The minimum Gasteiger partial charge on any atom is -0.493 e. The molecule has 3 N–H and O–H groups in total. The number of carbonyl (C=O) groups excluding carboxylic acids is 3. The number of esters is 1. The highest BCUT2D eigenvalue weighted by molar-refractivity contribution is 5.98. The molecule has 2 aromatic rings. The second-order valence-corrected chi connectivity index (χ2v) is 4.73. The van der Waals surface area contributed by atoms with Gasteiger partial charge in [-0.05, 0) is 19.1 Å². The Morgan fingerprint density at radius 3 is 2.50 bits per heavy atom. The first-order valence-corrected chi connectivity index (χ1v) is 6.92. The number of aromatic nitrogens is 2. The van der Waals surface area contributed by atoms with Gasteiger partial charge in [0.1, 0.15) is 0 Å². The van der Waals surface area contributed by atoms with Crippen LogP contribution in [-0.2, 0) is 9.53 Å². The van der Waals surface area contributed by atoms with Crippen LogP contribution < -0.4 is 15.8 Å². The molecule has 3 amide bonds.